The van der Waals surface area contributed by atoms with E-state index in [1.54, 1.807) is 6.07 Å². The third-order valence-corrected chi connectivity index (χ3v) is 3.65. The SMILES string of the molecule is CN(C)CCCn1c(CCCl)nc2cc(F)c(Cl)cc21. The molecule has 0 atom stereocenters. The van der Waals surface area contributed by atoms with Gasteiger partial charge in [0.2, 0.25) is 0 Å². The molecule has 2 aromatic rings. The van der Waals surface area contributed by atoms with Gasteiger partial charge in [-0.15, -0.1) is 11.6 Å². The first-order valence-electron chi connectivity index (χ1n) is 6.57. The zero-order valence-electron chi connectivity index (χ0n) is 11.7. The van der Waals surface area contributed by atoms with Crippen molar-refractivity contribution in [2.45, 2.75) is 19.4 Å². The van der Waals surface area contributed by atoms with Crippen LogP contribution < -0.4 is 0 Å². The predicted molar refractivity (Wildman–Crippen MR) is 82.3 cm³/mol. The van der Waals surface area contributed by atoms with E-state index in [0.29, 0.717) is 17.8 Å². The number of aromatic nitrogens is 2. The van der Waals surface area contributed by atoms with Crippen molar-refractivity contribution in [1.29, 1.82) is 0 Å². The van der Waals surface area contributed by atoms with E-state index in [1.807, 2.05) is 14.1 Å². The van der Waals surface area contributed by atoms with Crippen LogP contribution in [0.5, 0.6) is 0 Å². The molecule has 0 N–H and O–H groups in total. The number of halogens is 3. The van der Waals surface area contributed by atoms with Crippen molar-refractivity contribution < 1.29 is 4.39 Å². The van der Waals surface area contributed by atoms with Gasteiger partial charge in [-0.05, 0) is 33.1 Å². The van der Waals surface area contributed by atoms with Gasteiger partial charge in [0.05, 0.1) is 16.1 Å². The number of alkyl halides is 1. The fraction of sp³-hybridized carbons (Fsp3) is 0.500. The first-order valence-corrected chi connectivity index (χ1v) is 7.49. The molecule has 0 aliphatic heterocycles. The van der Waals surface area contributed by atoms with E-state index in [-0.39, 0.29) is 5.02 Å². The van der Waals surface area contributed by atoms with Gasteiger partial charge in [0.25, 0.3) is 0 Å². The van der Waals surface area contributed by atoms with Crippen LogP contribution in [0.25, 0.3) is 11.0 Å². The van der Waals surface area contributed by atoms with Crippen molar-refractivity contribution in [3.05, 3.63) is 28.8 Å². The zero-order valence-corrected chi connectivity index (χ0v) is 13.2. The first-order chi connectivity index (χ1) is 9.52. The Kier molecular flexibility index (Phi) is 5.24. The highest BCUT2D eigenvalue weighted by atomic mass is 35.5. The van der Waals surface area contributed by atoms with E-state index in [2.05, 4.69) is 14.5 Å². The van der Waals surface area contributed by atoms with Crippen LogP contribution in [-0.4, -0.2) is 41.0 Å². The molecule has 0 spiro atoms. The highest BCUT2D eigenvalue weighted by Gasteiger charge is 2.13. The van der Waals surface area contributed by atoms with Crippen molar-refractivity contribution in [2.24, 2.45) is 0 Å². The minimum Gasteiger partial charge on any atom is -0.328 e. The van der Waals surface area contributed by atoms with E-state index < -0.39 is 5.82 Å². The van der Waals surface area contributed by atoms with E-state index in [1.165, 1.54) is 6.07 Å². The van der Waals surface area contributed by atoms with Crippen LogP contribution in [0.15, 0.2) is 12.1 Å². The van der Waals surface area contributed by atoms with Gasteiger partial charge in [-0.2, -0.15) is 0 Å². The molecule has 1 aromatic carbocycles. The highest BCUT2D eigenvalue weighted by Crippen LogP contribution is 2.24. The number of imidazole rings is 1. The largest absolute Gasteiger partial charge is 0.328 e. The summed E-state index contributed by atoms with van der Waals surface area (Å²) in [6.07, 6.45) is 1.65. The summed E-state index contributed by atoms with van der Waals surface area (Å²) >= 11 is 11.7. The first kappa shape index (κ1) is 15.5. The van der Waals surface area contributed by atoms with Gasteiger partial charge in [-0.1, -0.05) is 11.6 Å². The summed E-state index contributed by atoms with van der Waals surface area (Å²) in [7, 11) is 4.08. The molecule has 110 valence electrons. The Hall–Kier alpha value is -0.840. The summed E-state index contributed by atoms with van der Waals surface area (Å²) < 4.78 is 15.6. The topological polar surface area (TPSA) is 21.1 Å². The van der Waals surface area contributed by atoms with Crippen molar-refractivity contribution in [2.75, 3.05) is 26.5 Å². The molecule has 0 saturated heterocycles. The van der Waals surface area contributed by atoms with Gasteiger partial charge in [-0.3, -0.25) is 0 Å². The molecular weight excluding hydrogens is 300 g/mol. The molecule has 0 radical (unpaired) electrons. The van der Waals surface area contributed by atoms with Crippen LogP contribution in [0.4, 0.5) is 4.39 Å². The van der Waals surface area contributed by atoms with Gasteiger partial charge in [0, 0.05) is 24.9 Å². The molecule has 0 saturated carbocycles. The fourth-order valence-electron chi connectivity index (χ4n) is 2.24. The van der Waals surface area contributed by atoms with E-state index in [0.717, 1.165) is 30.9 Å². The number of rotatable bonds is 6. The van der Waals surface area contributed by atoms with Gasteiger partial charge >= 0.3 is 0 Å². The summed E-state index contributed by atoms with van der Waals surface area (Å²) in [5, 5.41) is 0.128. The Morgan fingerprint density at radius 2 is 2.10 bits per heavy atom. The van der Waals surface area contributed by atoms with Crippen LogP contribution in [-0.2, 0) is 13.0 Å². The molecule has 1 aromatic heterocycles. The second-order valence-electron chi connectivity index (χ2n) is 5.03. The lowest BCUT2D eigenvalue weighted by Gasteiger charge is -2.12. The molecule has 2 rings (SSSR count). The number of hydrogen-bond acceptors (Lipinski definition) is 2. The van der Waals surface area contributed by atoms with Gasteiger partial charge in [0.15, 0.2) is 0 Å². The van der Waals surface area contributed by atoms with Gasteiger partial charge in [-0.25, -0.2) is 9.37 Å². The number of hydrogen-bond donors (Lipinski definition) is 0. The summed E-state index contributed by atoms with van der Waals surface area (Å²) in [5.74, 6) is 0.942. The number of nitrogens with zero attached hydrogens (tertiary/aromatic N) is 3. The van der Waals surface area contributed by atoms with Gasteiger partial charge in [0.1, 0.15) is 11.6 Å². The highest BCUT2D eigenvalue weighted by molar-refractivity contribution is 6.31. The van der Waals surface area contributed by atoms with Crippen LogP contribution in [0.1, 0.15) is 12.2 Å². The molecule has 20 heavy (non-hydrogen) atoms. The monoisotopic (exact) mass is 317 g/mol. The Bertz CT molecular complexity index is 596. The maximum Gasteiger partial charge on any atom is 0.144 e. The number of benzene rings is 1. The molecular formula is C14H18Cl2FN3. The third kappa shape index (κ3) is 3.43. The summed E-state index contributed by atoms with van der Waals surface area (Å²) in [6.45, 7) is 1.80. The lowest BCUT2D eigenvalue weighted by Crippen LogP contribution is -2.16. The molecule has 0 aliphatic rings. The summed E-state index contributed by atoms with van der Waals surface area (Å²) in [5.41, 5.74) is 1.51. The van der Waals surface area contributed by atoms with Gasteiger partial charge < -0.3 is 9.47 Å². The van der Waals surface area contributed by atoms with Crippen LogP contribution in [0, 0.1) is 5.82 Å². The molecule has 1 heterocycles. The Labute approximate surface area is 128 Å². The normalized spacial score (nSPS) is 11.7. The van der Waals surface area contributed by atoms with Crippen LogP contribution in [0.2, 0.25) is 5.02 Å². The van der Waals surface area contributed by atoms with Crippen LogP contribution in [0.3, 0.4) is 0 Å². The molecule has 0 amide bonds. The lowest BCUT2D eigenvalue weighted by molar-refractivity contribution is 0.386. The molecule has 0 aliphatic carbocycles. The zero-order chi connectivity index (χ0) is 14.7. The summed E-state index contributed by atoms with van der Waals surface area (Å²) in [4.78, 5) is 6.60. The second kappa shape index (κ2) is 6.74. The maximum atomic E-state index is 13.5. The Morgan fingerprint density at radius 3 is 2.75 bits per heavy atom. The van der Waals surface area contributed by atoms with Crippen molar-refractivity contribution in [3.63, 3.8) is 0 Å². The molecule has 6 heteroatoms. The maximum absolute atomic E-state index is 13.5. The van der Waals surface area contributed by atoms with Crippen molar-refractivity contribution in [3.8, 4) is 0 Å². The minimum absolute atomic E-state index is 0.128. The predicted octanol–water partition coefficient (Wildman–Crippen LogP) is 3.56. The van der Waals surface area contributed by atoms with E-state index in [4.69, 9.17) is 23.2 Å². The average molecular weight is 318 g/mol. The summed E-state index contributed by atoms with van der Waals surface area (Å²) in [6, 6.07) is 3.03. The standard InChI is InChI=1S/C14H18Cl2FN3/c1-19(2)6-3-7-20-13-8-10(16)11(17)9-12(13)18-14(20)4-5-15/h8-9H,3-7H2,1-2H3. The Morgan fingerprint density at radius 1 is 1.35 bits per heavy atom. The quantitative estimate of drug-likeness (QED) is 0.759. The molecule has 0 fully saturated rings. The van der Waals surface area contributed by atoms with E-state index in [9.17, 15) is 4.39 Å². The smallest absolute Gasteiger partial charge is 0.144 e. The second-order valence-corrected chi connectivity index (χ2v) is 5.82. The molecule has 0 bridgehead atoms. The Balaban J connectivity index is 2.37. The molecule has 3 nitrogen and oxygen atoms in total. The van der Waals surface area contributed by atoms with Crippen molar-refractivity contribution in [1.82, 2.24) is 14.5 Å². The van der Waals surface area contributed by atoms with Crippen molar-refractivity contribution >= 4 is 34.2 Å². The lowest BCUT2D eigenvalue weighted by atomic mass is 10.3. The van der Waals surface area contributed by atoms with Crippen LogP contribution >= 0.6 is 23.2 Å². The minimum atomic E-state index is -0.436. The third-order valence-electron chi connectivity index (χ3n) is 3.17. The average Bonchev–Trinajstić information content (AvgIpc) is 2.68. The number of fused-ring (bicyclic) bond motifs is 1. The number of aryl methyl sites for hydroxylation is 2. The van der Waals surface area contributed by atoms with E-state index >= 15 is 0 Å². The fourth-order valence-corrected chi connectivity index (χ4v) is 2.57. The molecule has 0 unspecified atom stereocenters.